The van der Waals surface area contributed by atoms with E-state index in [1.807, 2.05) is 18.2 Å². The van der Waals surface area contributed by atoms with E-state index in [1.165, 1.54) is 4.90 Å². The maximum absolute atomic E-state index is 12.4. The number of carbonyl (C=O) groups is 2. The summed E-state index contributed by atoms with van der Waals surface area (Å²) in [6.45, 7) is 0.495. The van der Waals surface area contributed by atoms with Crippen molar-refractivity contribution in [3.63, 3.8) is 0 Å². The summed E-state index contributed by atoms with van der Waals surface area (Å²) in [4.78, 5) is 28.1. The third-order valence-corrected chi connectivity index (χ3v) is 4.11. The van der Waals surface area contributed by atoms with Crippen LogP contribution in [0.3, 0.4) is 0 Å². The molecule has 1 fully saturated rings. The number of hydrogen-bond donors (Lipinski definition) is 2. The molecular weight excluding hydrogens is 324 g/mol. The number of carboxylic acids is 1. The second-order valence-electron chi connectivity index (χ2n) is 4.91. The van der Waals surface area contributed by atoms with Crippen LogP contribution in [0.2, 0.25) is 0 Å². The van der Waals surface area contributed by atoms with Crippen molar-refractivity contribution in [3.05, 3.63) is 34.4 Å². The van der Waals surface area contributed by atoms with Crippen molar-refractivity contribution in [3.8, 4) is 0 Å². The molecule has 1 amide bonds. The van der Waals surface area contributed by atoms with Crippen LogP contribution >= 0.6 is 15.9 Å². The van der Waals surface area contributed by atoms with Gasteiger partial charge in [0.2, 0.25) is 0 Å². The zero-order chi connectivity index (χ0) is 14.3. The first-order chi connectivity index (χ1) is 9.56. The Morgan fingerprint density at radius 3 is 2.90 bits per heavy atom. The zero-order valence-electron chi connectivity index (χ0n) is 10.6. The van der Waals surface area contributed by atoms with Crippen molar-refractivity contribution in [2.45, 2.75) is 18.9 Å². The number of hydrogen-bond acceptors (Lipinski definition) is 2. The molecule has 0 radical (unpaired) electrons. The molecule has 6 heteroatoms. The van der Waals surface area contributed by atoms with Crippen molar-refractivity contribution >= 4 is 38.7 Å². The first kappa shape index (κ1) is 13.2. The fourth-order valence-corrected chi connectivity index (χ4v) is 3.02. The first-order valence-electron chi connectivity index (χ1n) is 6.38. The maximum Gasteiger partial charge on any atom is 0.326 e. The smallest absolute Gasteiger partial charge is 0.326 e. The molecule has 1 aliphatic heterocycles. The number of H-pyrrole nitrogens is 1. The highest BCUT2D eigenvalue weighted by Crippen LogP contribution is 2.24. The lowest BCUT2D eigenvalue weighted by atomic mass is 10.2. The SMILES string of the molecule is O=C(O)C1CCCN1C(=O)c1cc2cc(Br)ccc2[nH]1. The van der Waals surface area contributed by atoms with Crippen LogP contribution in [-0.4, -0.2) is 39.5 Å². The minimum absolute atomic E-state index is 0.248. The third kappa shape index (κ3) is 2.20. The number of carbonyl (C=O) groups excluding carboxylic acids is 1. The molecule has 2 heterocycles. The number of carboxylic acid groups (broad SMARTS) is 1. The molecule has 1 saturated heterocycles. The normalized spacial score (nSPS) is 18.6. The molecule has 20 heavy (non-hydrogen) atoms. The number of aliphatic carboxylic acids is 1. The topological polar surface area (TPSA) is 73.4 Å². The summed E-state index contributed by atoms with van der Waals surface area (Å²) in [6, 6.07) is 6.75. The lowest BCUT2D eigenvalue weighted by Gasteiger charge is -2.20. The number of likely N-dealkylation sites (tertiary alicyclic amines) is 1. The van der Waals surface area contributed by atoms with Crippen LogP contribution in [0.25, 0.3) is 10.9 Å². The summed E-state index contributed by atoms with van der Waals surface area (Å²) < 4.78 is 0.938. The van der Waals surface area contributed by atoms with E-state index in [0.29, 0.717) is 18.7 Å². The highest BCUT2D eigenvalue weighted by atomic mass is 79.9. The van der Waals surface area contributed by atoms with Crippen LogP contribution in [0.4, 0.5) is 0 Å². The molecule has 1 atom stereocenters. The van der Waals surface area contributed by atoms with Gasteiger partial charge in [0, 0.05) is 21.9 Å². The van der Waals surface area contributed by atoms with Crippen molar-refractivity contribution < 1.29 is 14.7 Å². The Morgan fingerprint density at radius 2 is 2.15 bits per heavy atom. The molecule has 3 rings (SSSR count). The van der Waals surface area contributed by atoms with Gasteiger partial charge >= 0.3 is 5.97 Å². The number of aromatic amines is 1. The molecule has 0 bridgehead atoms. The average Bonchev–Trinajstić information content (AvgIpc) is 3.03. The molecule has 2 aromatic rings. The van der Waals surface area contributed by atoms with Gasteiger partial charge in [0.25, 0.3) is 5.91 Å². The van der Waals surface area contributed by atoms with Gasteiger partial charge in [-0.1, -0.05) is 15.9 Å². The molecular formula is C14H13BrN2O3. The average molecular weight is 337 g/mol. The molecule has 2 N–H and O–H groups in total. The second kappa shape index (κ2) is 4.94. The summed E-state index contributed by atoms with van der Waals surface area (Å²) >= 11 is 3.39. The first-order valence-corrected chi connectivity index (χ1v) is 7.17. The Morgan fingerprint density at radius 1 is 1.35 bits per heavy atom. The Kier molecular flexibility index (Phi) is 3.25. The van der Waals surface area contributed by atoms with Gasteiger partial charge in [-0.2, -0.15) is 0 Å². The quantitative estimate of drug-likeness (QED) is 0.885. The van der Waals surface area contributed by atoms with Gasteiger partial charge in [-0.3, -0.25) is 4.79 Å². The molecule has 1 aromatic carbocycles. The molecule has 0 saturated carbocycles. The van der Waals surface area contributed by atoms with Crippen molar-refractivity contribution in [1.82, 2.24) is 9.88 Å². The largest absolute Gasteiger partial charge is 0.480 e. The Labute approximate surface area is 123 Å². The number of nitrogens with zero attached hydrogens (tertiary/aromatic N) is 1. The number of rotatable bonds is 2. The predicted molar refractivity (Wildman–Crippen MR) is 77.7 cm³/mol. The van der Waals surface area contributed by atoms with Crippen molar-refractivity contribution in [1.29, 1.82) is 0 Å². The second-order valence-corrected chi connectivity index (χ2v) is 5.83. The molecule has 1 unspecified atom stereocenters. The molecule has 104 valence electrons. The lowest BCUT2D eigenvalue weighted by Crippen LogP contribution is -2.40. The van der Waals surface area contributed by atoms with Crippen LogP contribution in [0.1, 0.15) is 23.3 Å². The van der Waals surface area contributed by atoms with Gasteiger partial charge in [-0.15, -0.1) is 0 Å². The fraction of sp³-hybridized carbons (Fsp3) is 0.286. The van der Waals surface area contributed by atoms with E-state index < -0.39 is 12.0 Å². The van der Waals surface area contributed by atoms with E-state index >= 15 is 0 Å². The van der Waals surface area contributed by atoms with Crippen LogP contribution in [-0.2, 0) is 4.79 Å². The lowest BCUT2D eigenvalue weighted by molar-refractivity contribution is -0.141. The standard InChI is InChI=1S/C14H13BrN2O3/c15-9-3-4-10-8(6-9)7-11(16-10)13(18)17-5-1-2-12(17)14(19)20/h3-4,6-7,12,16H,1-2,5H2,(H,19,20). The summed E-state index contributed by atoms with van der Waals surface area (Å²) in [6.07, 6.45) is 1.25. The van der Waals surface area contributed by atoms with Gasteiger partial charge in [-0.05, 0) is 37.1 Å². The van der Waals surface area contributed by atoms with E-state index in [2.05, 4.69) is 20.9 Å². The highest BCUT2D eigenvalue weighted by molar-refractivity contribution is 9.10. The number of nitrogens with one attached hydrogen (secondary N) is 1. The van der Waals surface area contributed by atoms with E-state index in [4.69, 9.17) is 5.11 Å². The van der Waals surface area contributed by atoms with Gasteiger partial charge in [0.1, 0.15) is 11.7 Å². The third-order valence-electron chi connectivity index (χ3n) is 3.61. The van der Waals surface area contributed by atoms with E-state index in [-0.39, 0.29) is 5.91 Å². The highest BCUT2D eigenvalue weighted by Gasteiger charge is 2.34. The number of amides is 1. The molecule has 0 aliphatic carbocycles. The van der Waals surface area contributed by atoms with Gasteiger partial charge in [-0.25, -0.2) is 4.79 Å². The summed E-state index contributed by atoms with van der Waals surface area (Å²) in [7, 11) is 0. The Balaban J connectivity index is 1.94. The van der Waals surface area contributed by atoms with E-state index in [0.717, 1.165) is 21.8 Å². The van der Waals surface area contributed by atoms with E-state index in [1.54, 1.807) is 6.07 Å². The summed E-state index contributed by atoms with van der Waals surface area (Å²) in [5, 5.41) is 10.1. The summed E-state index contributed by atoms with van der Waals surface area (Å²) in [5.41, 5.74) is 1.30. The minimum atomic E-state index is -0.935. The van der Waals surface area contributed by atoms with Crippen LogP contribution < -0.4 is 0 Å². The van der Waals surface area contributed by atoms with E-state index in [9.17, 15) is 9.59 Å². The van der Waals surface area contributed by atoms with Gasteiger partial charge in [0.05, 0.1) is 0 Å². The monoisotopic (exact) mass is 336 g/mol. The molecule has 5 nitrogen and oxygen atoms in total. The number of benzene rings is 1. The van der Waals surface area contributed by atoms with Crippen molar-refractivity contribution in [2.75, 3.05) is 6.54 Å². The Bertz CT molecular complexity index is 695. The van der Waals surface area contributed by atoms with Crippen LogP contribution in [0, 0.1) is 0 Å². The van der Waals surface area contributed by atoms with Crippen molar-refractivity contribution in [2.24, 2.45) is 0 Å². The summed E-state index contributed by atoms with van der Waals surface area (Å²) in [5.74, 6) is -1.18. The number of fused-ring (bicyclic) bond motifs is 1. The van der Waals surface area contributed by atoms with Gasteiger partial charge < -0.3 is 15.0 Å². The maximum atomic E-state index is 12.4. The zero-order valence-corrected chi connectivity index (χ0v) is 12.2. The predicted octanol–water partition coefficient (Wildman–Crippen LogP) is 2.62. The number of halogens is 1. The van der Waals surface area contributed by atoms with Crippen LogP contribution in [0.15, 0.2) is 28.7 Å². The molecule has 1 aliphatic rings. The fourth-order valence-electron chi connectivity index (χ4n) is 2.64. The van der Waals surface area contributed by atoms with Gasteiger partial charge in [0.15, 0.2) is 0 Å². The van der Waals surface area contributed by atoms with Crippen LogP contribution in [0.5, 0.6) is 0 Å². The number of aromatic nitrogens is 1. The molecule has 1 aromatic heterocycles. The molecule has 0 spiro atoms. The minimum Gasteiger partial charge on any atom is -0.480 e. The Hall–Kier alpha value is -1.82.